The molecule has 0 aliphatic carbocycles. The zero-order chi connectivity index (χ0) is 22.4. The molecule has 0 atom stereocenters. The van der Waals surface area contributed by atoms with Crippen molar-refractivity contribution >= 4 is 22.1 Å². The summed E-state index contributed by atoms with van der Waals surface area (Å²) in [6, 6.07) is 16.4. The first-order valence-corrected chi connectivity index (χ1v) is 11.0. The third kappa shape index (κ3) is 3.54. The van der Waals surface area contributed by atoms with Crippen LogP contribution in [0.4, 0.5) is 0 Å². The third-order valence-corrected chi connectivity index (χ3v) is 5.71. The van der Waals surface area contributed by atoms with Gasteiger partial charge in [0.2, 0.25) is 5.71 Å². The Morgan fingerprint density at radius 3 is 2.34 bits per heavy atom. The molecule has 32 heavy (non-hydrogen) atoms. The highest BCUT2D eigenvalue weighted by molar-refractivity contribution is 6.08. The molecule has 0 fully saturated rings. The van der Waals surface area contributed by atoms with E-state index in [-0.39, 0.29) is 5.92 Å². The summed E-state index contributed by atoms with van der Waals surface area (Å²) in [6.45, 7) is 10.5. The predicted molar refractivity (Wildman–Crippen MR) is 129 cm³/mol. The van der Waals surface area contributed by atoms with Crippen LogP contribution in [-0.2, 0) is 0 Å². The van der Waals surface area contributed by atoms with Gasteiger partial charge in [0, 0.05) is 45.4 Å². The van der Waals surface area contributed by atoms with E-state index in [1.54, 1.807) is 0 Å². The standard InChI is InChI=1S/C27H26N4O/c1-15(2)23-13-24(31-26(30-23)16(3)4)18-10-12-22(28-14-18)21-8-6-7-19-20-11-9-17(5)29-27(20)32-25(19)21/h6-16H,1-5H3. The van der Waals surface area contributed by atoms with Gasteiger partial charge in [0.25, 0.3) is 0 Å². The number of fused-ring (bicyclic) bond motifs is 3. The molecule has 0 aliphatic heterocycles. The van der Waals surface area contributed by atoms with Gasteiger partial charge in [-0.1, -0.05) is 39.8 Å². The molecule has 4 heterocycles. The molecular weight excluding hydrogens is 396 g/mol. The first kappa shape index (κ1) is 20.3. The van der Waals surface area contributed by atoms with Gasteiger partial charge in [-0.3, -0.25) is 4.98 Å². The number of hydrogen-bond donors (Lipinski definition) is 0. The lowest BCUT2D eigenvalue weighted by Gasteiger charge is -2.12. The molecule has 0 N–H and O–H groups in total. The van der Waals surface area contributed by atoms with E-state index in [0.717, 1.165) is 56.1 Å². The molecule has 4 aromatic heterocycles. The number of hydrogen-bond acceptors (Lipinski definition) is 5. The molecule has 0 spiro atoms. The molecule has 0 aliphatic rings. The number of aryl methyl sites for hydroxylation is 1. The molecule has 0 unspecified atom stereocenters. The minimum absolute atomic E-state index is 0.266. The van der Waals surface area contributed by atoms with Gasteiger partial charge in [-0.15, -0.1) is 0 Å². The summed E-state index contributed by atoms with van der Waals surface area (Å²) in [5.41, 5.74) is 7.17. The number of aromatic nitrogens is 4. The molecule has 0 amide bonds. The van der Waals surface area contributed by atoms with Gasteiger partial charge in [0.1, 0.15) is 11.4 Å². The summed E-state index contributed by atoms with van der Waals surface area (Å²) in [6.07, 6.45) is 1.88. The Hall–Kier alpha value is -3.60. The van der Waals surface area contributed by atoms with Crippen molar-refractivity contribution in [1.82, 2.24) is 19.9 Å². The Morgan fingerprint density at radius 1 is 0.781 bits per heavy atom. The van der Waals surface area contributed by atoms with Crippen molar-refractivity contribution in [2.75, 3.05) is 0 Å². The summed E-state index contributed by atoms with van der Waals surface area (Å²) in [7, 11) is 0. The fraction of sp³-hybridized carbons (Fsp3) is 0.259. The molecule has 5 heteroatoms. The van der Waals surface area contributed by atoms with Crippen LogP contribution in [0.3, 0.4) is 0 Å². The van der Waals surface area contributed by atoms with Crippen LogP contribution >= 0.6 is 0 Å². The van der Waals surface area contributed by atoms with E-state index in [9.17, 15) is 0 Å². The minimum atomic E-state index is 0.266. The van der Waals surface area contributed by atoms with Crippen LogP contribution in [0.5, 0.6) is 0 Å². The van der Waals surface area contributed by atoms with Crippen molar-refractivity contribution in [3.63, 3.8) is 0 Å². The Balaban J connectivity index is 1.59. The molecule has 1 aromatic carbocycles. The Bertz CT molecular complexity index is 1410. The highest BCUT2D eigenvalue weighted by Gasteiger charge is 2.15. The van der Waals surface area contributed by atoms with Crippen LogP contribution in [0.1, 0.15) is 56.7 Å². The fourth-order valence-electron chi connectivity index (χ4n) is 3.86. The first-order valence-electron chi connectivity index (χ1n) is 11.0. The maximum atomic E-state index is 6.15. The largest absolute Gasteiger partial charge is 0.437 e. The topological polar surface area (TPSA) is 64.7 Å². The molecule has 160 valence electrons. The second-order valence-electron chi connectivity index (χ2n) is 8.87. The zero-order valence-corrected chi connectivity index (χ0v) is 19.0. The molecular formula is C27H26N4O. The normalized spacial score (nSPS) is 11.8. The van der Waals surface area contributed by atoms with Gasteiger partial charge in [0.05, 0.1) is 11.4 Å². The molecule has 0 saturated carbocycles. The Kier molecular flexibility index (Phi) is 4.97. The zero-order valence-electron chi connectivity index (χ0n) is 19.0. The summed E-state index contributed by atoms with van der Waals surface area (Å²) < 4.78 is 6.15. The lowest BCUT2D eigenvalue weighted by atomic mass is 10.0. The van der Waals surface area contributed by atoms with Crippen LogP contribution in [0.2, 0.25) is 0 Å². The van der Waals surface area contributed by atoms with Crippen molar-refractivity contribution < 1.29 is 4.42 Å². The summed E-state index contributed by atoms with van der Waals surface area (Å²) >= 11 is 0. The van der Waals surface area contributed by atoms with Crippen molar-refractivity contribution in [3.8, 4) is 22.5 Å². The Morgan fingerprint density at radius 2 is 1.62 bits per heavy atom. The number of para-hydroxylation sites is 1. The highest BCUT2D eigenvalue weighted by atomic mass is 16.3. The van der Waals surface area contributed by atoms with Crippen LogP contribution in [0, 0.1) is 6.92 Å². The van der Waals surface area contributed by atoms with Crippen LogP contribution in [0.15, 0.2) is 59.1 Å². The highest BCUT2D eigenvalue weighted by Crippen LogP contribution is 2.35. The maximum absolute atomic E-state index is 6.15. The van der Waals surface area contributed by atoms with Gasteiger partial charge in [-0.25, -0.2) is 15.0 Å². The van der Waals surface area contributed by atoms with Crippen LogP contribution in [0.25, 0.3) is 44.6 Å². The lowest BCUT2D eigenvalue weighted by Crippen LogP contribution is -2.04. The number of benzene rings is 1. The summed E-state index contributed by atoms with van der Waals surface area (Å²) in [4.78, 5) is 18.8. The average molecular weight is 423 g/mol. The van der Waals surface area contributed by atoms with E-state index in [1.807, 2.05) is 37.4 Å². The second kappa shape index (κ2) is 7.83. The first-order chi connectivity index (χ1) is 15.4. The van der Waals surface area contributed by atoms with E-state index in [4.69, 9.17) is 19.4 Å². The number of nitrogens with zero attached hydrogens (tertiary/aromatic N) is 4. The molecule has 0 saturated heterocycles. The molecule has 5 rings (SSSR count). The SMILES string of the molecule is Cc1ccc2c(n1)oc1c(-c3ccc(-c4cc(C(C)C)nc(C(C)C)n4)cn3)cccc12. The van der Waals surface area contributed by atoms with Gasteiger partial charge in [-0.2, -0.15) is 0 Å². The van der Waals surface area contributed by atoms with Gasteiger partial charge < -0.3 is 4.42 Å². The molecule has 0 bridgehead atoms. The van der Waals surface area contributed by atoms with Crippen molar-refractivity contribution in [1.29, 1.82) is 0 Å². The van der Waals surface area contributed by atoms with Crippen molar-refractivity contribution in [3.05, 3.63) is 71.9 Å². The second-order valence-corrected chi connectivity index (χ2v) is 8.87. The predicted octanol–water partition coefficient (Wildman–Crippen LogP) is 7.06. The number of rotatable bonds is 4. The maximum Gasteiger partial charge on any atom is 0.227 e. The van der Waals surface area contributed by atoms with E-state index >= 15 is 0 Å². The quantitative estimate of drug-likeness (QED) is 0.310. The van der Waals surface area contributed by atoms with Crippen LogP contribution < -0.4 is 0 Å². The summed E-state index contributed by atoms with van der Waals surface area (Å²) in [5, 5.41) is 2.07. The number of pyridine rings is 2. The van der Waals surface area contributed by atoms with E-state index in [2.05, 4.69) is 56.9 Å². The van der Waals surface area contributed by atoms with E-state index in [1.165, 1.54) is 0 Å². The molecule has 5 aromatic rings. The lowest BCUT2D eigenvalue weighted by molar-refractivity contribution is 0.653. The van der Waals surface area contributed by atoms with Crippen molar-refractivity contribution in [2.24, 2.45) is 0 Å². The van der Waals surface area contributed by atoms with E-state index < -0.39 is 0 Å². The average Bonchev–Trinajstić information content (AvgIpc) is 3.16. The van der Waals surface area contributed by atoms with Gasteiger partial charge in [0.15, 0.2) is 0 Å². The third-order valence-electron chi connectivity index (χ3n) is 5.71. The van der Waals surface area contributed by atoms with Crippen LogP contribution in [-0.4, -0.2) is 19.9 Å². The van der Waals surface area contributed by atoms with Crippen molar-refractivity contribution in [2.45, 2.75) is 46.5 Å². The monoisotopic (exact) mass is 422 g/mol. The summed E-state index contributed by atoms with van der Waals surface area (Å²) in [5.74, 6) is 1.47. The van der Waals surface area contributed by atoms with Gasteiger partial charge in [-0.05, 0) is 49.2 Å². The smallest absolute Gasteiger partial charge is 0.227 e. The number of furan rings is 1. The Labute approximate surface area is 187 Å². The van der Waals surface area contributed by atoms with Gasteiger partial charge >= 0.3 is 0 Å². The molecule has 5 nitrogen and oxygen atoms in total. The molecule has 0 radical (unpaired) electrons. The fourth-order valence-corrected chi connectivity index (χ4v) is 3.86. The van der Waals surface area contributed by atoms with E-state index in [0.29, 0.717) is 11.6 Å². The minimum Gasteiger partial charge on any atom is -0.437 e.